The summed E-state index contributed by atoms with van der Waals surface area (Å²) in [5.74, 6) is 0.311. The highest BCUT2D eigenvalue weighted by Crippen LogP contribution is 2.29. The van der Waals surface area contributed by atoms with Crippen LogP contribution < -0.4 is 10.6 Å². The minimum atomic E-state index is -4.60. The Hall–Kier alpha value is -3.28. The summed E-state index contributed by atoms with van der Waals surface area (Å²) in [6.45, 7) is 3.72. The molecule has 3 rings (SSSR count). The molecule has 1 aromatic carbocycles. The van der Waals surface area contributed by atoms with E-state index in [0.29, 0.717) is 5.56 Å². The predicted molar refractivity (Wildman–Crippen MR) is 110 cm³/mol. The lowest BCUT2D eigenvalue weighted by Crippen LogP contribution is -2.15. The van der Waals surface area contributed by atoms with Crippen LogP contribution >= 0.6 is 0 Å². The second kappa shape index (κ2) is 8.46. The Morgan fingerprint density at radius 2 is 1.71 bits per heavy atom. The number of rotatable bonds is 6. The zero-order valence-corrected chi connectivity index (χ0v) is 17.6. The van der Waals surface area contributed by atoms with Gasteiger partial charge in [-0.05, 0) is 38.1 Å². The summed E-state index contributed by atoms with van der Waals surface area (Å²) in [5.41, 5.74) is -0.570. The number of nitrogens with one attached hydrogen (secondary N) is 2. The molecule has 0 amide bonds. The van der Waals surface area contributed by atoms with E-state index in [0.717, 1.165) is 18.5 Å². The molecule has 0 unspecified atom stereocenters. The molecule has 31 heavy (non-hydrogen) atoms. The minimum absolute atomic E-state index is 0.0165. The first-order valence-corrected chi connectivity index (χ1v) is 10.9. The van der Waals surface area contributed by atoms with Gasteiger partial charge in [0.25, 0.3) is 0 Å². The number of nitrogens with zero attached hydrogens (tertiary/aromatic N) is 4. The highest BCUT2D eigenvalue weighted by atomic mass is 32.2. The van der Waals surface area contributed by atoms with Crippen molar-refractivity contribution in [1.82, 2.24) is 19.9 Å². The van der Waals surface area contributed by atoms with Crippen LogP contribution in [0.15, 0.2) is 47.5 Å². The summed E-state index contributed by atoms with van der Waals surface area (Å²) in [6, 6.07) is 8.19. The Labute approximate surface area is 176 Å². The zero-order chi connectivity index (χ0) is 22.8. The van der Waals surface area contributed by atoms with Gasteiger partial charge in [0.05, 0.1) is 4.90 Å². The van der Waals surface area contributed by atoms with Gasteiger partial charge in [-0.1, -0.05) is 12.1 Å². The first kappa shape index (κ1) is 22.4. The van der Waals surface area contributed by atoms with E-state index in [-0.39, 0.29) is 34.3 Å². The maximum Gasteiger partial charge on any atom is 0.433 e. The van der Waals surface area contributed by atoms with Gasteiger partial charge in [-0.15, -0.1) is 0 Å². The minimum Gasteiger partial charge on any atom is -0.352 e. The molecule has 0 saturated carbocycles. The molecule has 8 nitrogen and oxygen atoms in total. The van der Waals surface area contributed by atoms with Crippen molar-refractivity contribution < 1.29 is 21.6 Å². The second-order valence-corrected chi connectivity index (χ2v) is 8.97. The summed E-state index contributed by atoms with van der Waals surface area (Å²) < 4.78 is 62.6. The molecule has 2 aromatic heterocycles. The Bertz CT molecular complexity index is 1200. The third-order valence-corrected chi connectivity index (χ3v) is 4.99. The zero-order valence-electron chi connectivity index (χ0n) is 16.8. The number of sulfone groups is 1. The standard InChI is InChI=1S/C19H19F3N6O2S/c1-11(2)24-17-26-16(12-5-4-6-14(9-12)31(3,29)30)27-18(28-17)25-13-7-8-23-15(10-13)19(20,21)22/h4-11H,1-3H3,(H2,23,24,25,26,27,28). The Kier molecular flexibility index (Phi) is 6.11. The molecular formula is C19H19F3N6O2S. The Morgan fingerprint density at radius 3 is 2.35 bits per heavy atom. The first-order valence-electron chi connectivity index (χ1n) is 9.05. The van der Waals surface area contributed by atoms with Crippen LogP contribution in [0.3, 0.4) is 0 Å². The largest absolute Gasteiger partial charge is 0.433 e. The van der Waals surface area contributed by atoms with Crippen molar-refractivity contribution in [3.8, 4) is 11.4 Å². The molecule has 0 saturated heterocycles. The van der Waals surface area contributed by atoms with Crippen molar-refractivity contribution in [2.24, 2.45) is 0 Å². The lowest BCUT2D eigenvalue weighted by Gasteiger charge is -2.13. The van der Waals surface area contributed by atoms with Crippen LogP contribution in [-0.2, 0) is 16.0 Å². The number of anilines is 3. The molecule has 0 radical (unpaired) electrons. The van der Waals surface area contributed by atoms with Gasteiger partial charge in [-0.2, -0.15) is 28.1 Å². The summed E-state index contributed by atoms with van der Waals surface area (Å²) in [4.78, 5) is 16.2. The third-order valence-electron chi connectivity index (χ3n) is 3.88. The van der Waals surface area contributed by atoms with Crippen molar-refractivity contribution in [2.45, 2.75) is 31.0 Å². The predicted octanol–water partition coefficient (Wildman–Crippen LogP) is 3.92. The van der Waals surface area contributed by atoms with Crippen LogP contribution in [-0.4, -0.2) is 40.7 Å². The molecule has 0 spiro atoms. The number of halogens is 3. The fourth-order valence-corrected chi connectivity index (χ4v) is 3.21. The number of alkyl halides is 3. The van der Waals surface area contributed by atoms with E-state index in [1.54, 1.807) is 12.1 Å². The van der Waals surface area contributed by atoms with Crippen LogP contribution in [0.4, 0.5) is 30.8 Å². The number of hydrogen-bond acceptors (Lipinski definition) is 8. The van der Waals surface area contributed by atoms with Gasteiger partial charge in [0.15, 0.2) is 15.7 Å². The van der Waals surface area contributed by atoms with Crippen LogP contribution in [0.1, 0.15) is 19.5 Å². The molecule has 3 aromatic rings. The van der Waals surface area contributed by atoms with Gasteiger partial charge in [-0.25, -0.2) is 8.42 Å². The molecule has 2 N–H and O–H groups in total. The van der Waals surface area contributed by atoms with Crippen LogP contribution in [0.2, 0.25) is 0 Å². The molecule has 2 heterocycles. The highest BCUT2D eigenvalue weighted by molar-refractivity contribution is 7.90. The summed E-state index contributed by atoms with van der Waals surface area (Å²) in [7, 11) is -3.46. The highest BCUT2D eigenvalue weighted by Gasteiger charge is 2.32. The second-order valence-electron chi connectivity index (χ2n) is 6.96. The average Bonchev–Trinajstić information content (AvgIpc) is 2.66. The van der Waals surface area contributed by atoms with Crippen LogP contribution in [0, 0.1) is 0 Å². The third kappa shape index (κ3) is 5.87. The van der Waals surface area contributed by atoms with Gasteiger partial charge in [0.2, 0.25) is 11.9 Å². The van der Waals surface area contributed by atoms with Crippen molar-refractivity contribution in [1.29, 1.82) is 0 Å². The van der Waals surface area contributed by atoms with Crippen molar-refractivity contribution in [3.63, 3.8) is 0 Å². The van der Waals surface area contributed by atoms with Gasteiger partial charge in [0, 0.05) is 29.7 Å². The SMILES string of the molecule is CC(C)Nc1nc(Nc2ccnc(C(F)(F)F)c2)nc(-c2cccc(S(C)(=O)=O)c2)n1. The molecule has 0 aliphatic carbocycles. The van der Waals surface area contributed by atoms with Crippen molar-refractivity contribution in [3.05, 3.63) is 48.3 Å². The fraction of sp³-hybridized carbons (Fsp3) is 0.263. The molecule has 164 valence electrons. The molecule has 0 aliphatic rings. The molecule has 0 fully saturated rings. The van der Waals surface area contributed by atoms with Gasteiger partial charge in [0.1, 0.15) is 5.69 Å². The van der Waals surface area contributed by atoms with Crippen molar-refractivity contribution >= 4 is 27.4 Å². The normalized spacial score (nSPS) is 12.1. The van der Waals surface area contributed by atoms with E-state index in [2.05, 4.69) is 30.6 Å². The van der Waals surface area contributed by atoms with E-state index in [1.807, 2.05) is 13.8 Å². The van der Waals surface area contributed by atoms with E-state index in [4.69, 9.17) is 0 Å². The molecule has 0 atom stereocenters. The number of pyridine rings is 1. The molecule has 0 aliphatic heterocycles. The molecule has 0 bridgehead atoms. The van der Waals surface area contributed by atoms with Gasteiger partial charge in [-0.3, -0.25) is 4.98 Å². The Morgan fingerprint density at radius 1 is 1.00 bits per heavy atom. The summed E-state index contributed by atoms with van der Waals surface area (Å²) in [6.07, 6.45) is -2.49. The van der Waals surface area contributed by atoms with Crippen LogP contribution in [0.5, 0.6) is 0 Å². The lowest BCUT2D eigenvalue weighted by atomic mass is 10.2. The quantitative estimate of drug-likeness (QED) is 0.579. The molecular weight excluding hydrogens is 433 g/mol. The smallest absolute Gasteiger partial charge is 0.352 e. The molecule has 12 heteroatoms. The fourth-order valence-electron chi connectivity index (χ4n) is 2.54. The van der Waals surface area contributed by atoms with E-state index in [9.17, 15) is 21.6 Å². The number of hydrogen-bond donors (Lipinski definition) is 2. The van der Waals surface area contributed by atoms with E-state index < -0.39 is 21.7 Å². The van der Waals surface area contributed by atoms with E-state index >= 15 is 0 Å². The number of aromatic nitrogens is 4. The van der Waals surface area contributed by atoms with Crippen LogP contribution in [0.25, 0.3) is 11.4 Å². The summed E-state index contributed by atoms with van der Waals surface area (Å²) >= 11 is 0. The van der Waals surface area contributed by atoms with E-state index in [1.165, 1.54) is 18.2 Å². The average molecular weight is 452 g/mol. The number of benzene rings is 1. The Balaban J connectivity index is 2.04. The van der Waals surface area contributed by atoms with Gasteiger partial charge >= 0.3 is 6.18 Å². The maximum absolute atomic E-state index is 12.9. The first-order chi connectivity index (χ1) is 14.4. The van der Waals surface area contributed by atoms with Crippen molar-refractivity contribution in [2.75, 3.05) is 16.9 Å². The monoisotopic (exact) mass is 452 g/mol. The van der Waals surface area contributed by atoms with Gasteiger partial charge < -0.3 is 10.6 Å². The topological polar surface area (TPSA) is 110 Å². The maximum atomic E-state index is 12.9. The summed E-state index contributed by atoms with van der Waals surface area (Å²) in [5, 5.41) is 5.73. The lowest BCUT2D eigenvalue weighted by molar-refractivity contribution is -0.141.